The van der Waals surface area contributed by atoms with E-state index in [1.165, 1.54) is 12.5 Å². The maximum atomic E-state index is 13.1. The quantitative estimate of drug-likeness (QED) is 0.186. The van der Waals surface area contributed by atoms with E-state index in [9.17, 15) is 38.3 Å². The van der Waals surface area contributed by atoms with Crippen LogP contribution in [0.15, 0.2) is 30.3 Å². The highest BCUT2D eigenvalue weighted by Gasteiger charge is 2.32. The average Bonchev–Trinajstić information content (AvgIpc) is 3.12. The van der Waals surface area contributed by atoms with Crippen molar-refractivity contribution in [1.82, 2.24) is 5.32 Å². The summed E-state index contributed by atoms with van der Waals surface area (Å²) in [5.74, 6) is -0.0760. The third-order valence-electron chi connectivity index (χ3n) is 7.62. The molecule has 15 heteroatoms. The van der Waals surface area contributed by atoms with Crippen LogP contribution in [0.3, 0.4) is 0 Å². The maximum Gasteiger partial charge on any atom is 0.357 e. The van der Waals surface area contributed by atoms with E-state index in [1.807, 2.05) is 0 Å². The average molecular weight is 626 g/mol. The molecule has 0 saturated heterocycles. The molecule has 1 aliphatic heterocycles. The van der Waals surface area contributed by atoms with Crippen molar-refractivity contribution in [3.63, 3.8) is 0 Å². The molecular formula is C27H37N3O10P2. The summed E-state index contributed by atoms with van der Waals surface area (Å²) in [7, 11) is -10.0. The van der Waals surface area contributed by atoms with E-state index < -0.39 is 49.7 Å². The Bertz CT molecular complexity index is 1420. The molecule has 0 spiro atoms. The smallest absolute Gasteiger partial charge is 0.357 e. The van der Waals surface area contributed by atoms with Gasteiger partial charge in [0.15, 0.2) is 0 Å². The fourth-order valence-electron chi connectivity index (χ4n) is 5.42. The number of carbonyl (C=O) groups is 2. The highest BCUT2D eigenvalue weighted by atomic mass is 31.2. The largest absolute Gasteiger partial charge is 0.493 e. The summed E-state index contributed by atoms with van der Waals surface area (Å²) in [6.45, 7) is 0.841. The molecule has 2 aliphatic rings. The molecule has 1 fully saturated rings. The Kier molecular flexibility index (Phi) is 10.2. The SMILES string of the molecule is NC(=O)c1cc2c(cc1OCC1CCCCC1)OCCC[C@@H]2NC(=O)[C@@H](N)Cc1ccc(P(=O)(O)O)c(P(=O)(O)O)c1. The van der Waals surface area contributed by atoms with Gasteiger partial charge in [-0.2, -0.15) is 0 Å². The zero-order valence-corrected chi connectivity index (χ0v) is 24.8. The van der Waals surface area contributed by atoms with Gasteiger partial charge in [0.2, 0.25) is 5.91 Å². The van der Waals surface area contributed by atoms with Gasteiger partial charge in [0.1, 0.15) is 11.5 Å². The van der Waals surface area contributed by atoms with Crippen LogP contribution < -0.4 is 36.9 Å². The molecule has 0 aromatic heterocycles. The fourth-order valence-corrected chi connectivity index (χ4v) is 7.54. The third-order valence-corrected chi connectivity index (χ3v) is 9.81. The van der Waals surface area contributed by atoms with E-state index in [1.54, 1.807) is 12.1 Å². The number of amides is 2. The zero-order chi connectivity index (χ0) is 30.7. The van der Waals surface area contributed by atoms with Crippen molar-refractivity contribution in [2.45, 2.75) is 63.5 Å². The van der Waals surface area contributed by atoms with E-state index in [4.69, 9.17) is 20.9 Å². The van der Waals surface area contributed by atoms with Crippen molar-refractivity contribution >= 4 is 37.6 Å². The minimum Gasteiger partial charge on any atom is -0.493 e. The lowest BCUT2D eigenvalue weighted by Crippen LogP contribution is -2.43. The van der Waals surface area contributed by atoms with Crippen LogP contribution >= 0.6 is 15.2 Å². The minimum atomic E-state index is -5.04. The van der Waals surface area contributed by atoms with E-state index in [0.29, 0.717) is 49.0 Å². The maximum absolute atomic E-state index is 13.1. The molecule has 4 rings (SSSR count). The molecule has 13 nitrogen and oxygen atoms in total. The van der Waals surface area contributed by atoms with Crippen LogP contribution in [0.5, 0.6) is 11.5 Å². The van der Waals surface area contributed by atoms with E-state index in [2.05, 4.69) is 5.32 Å². The van der Waals surface area contributed by atoms with E-state index in [-0.39, 0.29) is 17.5 Å². The fraction of sp³-hybridized carbons (Fsp3) is 0.481. The zero-order valence-electron chi connectivity index (χ0n) is 23.0. The molecule has 2 aromatic rings. The molecule has 0 bridgehead atoms. The van der Waals surface area contributed by atoms with Crippen molar-refractivity contribution in [3.05, 3.63) is 47.0 Å². The van der Waals surface area contributed by atoms with Gasteiger partial charge in [0.25, 0.3) is 5.91 Å². The standard InChI is InChI=1S/C27H37N3O10P2/c28-20(11-17-8-9-24(41(33,34)35)25(12-17)42(36,37)38)27(32)30-21-7-4-10-39-22-14-23(19(26(29)31)13-18(21)22)40-15-16-5-2-1-3-6-16/h8-9,12-14,16,20-21H,1-7,10-11,15,28H2,(H2,29,31)(H,30,32)(H2,33,34,35)(H2,36,37,38)/t20-,21-/m0/s1. The number of fused-ring (bicyclic) bond motifs is 1. The van der Waals surface area contributed by atoms with Gasteiger partial charge in [0, 0.05) is 11.6 Å². The molecule has 0 unspecified atom stereocenters. The van der Waals surface area contributed by atoms with Gasteiger partial charge >= 0.3 is 15.2 Å². The highest BCUT2D eigenvalue weighted by molar-refractivity contribution is 7.67. The van der Waals surface area contributed by atoms with Crippen LogP contribution in [-0.2, 0) is 20.3 Å². The summed E-state index contributed by atoms with van der Waals surface area (Å²) in [6.07, 6.45) is 6.54. The molecular weight excluding hydrogens is 588 g/mol. The van der Waals surface area contributed by atoms with Gasteiger partial charge in [-0.3, -0.25) is 18.7 Å². The summed E-state index contributed by atoms with van der Waals surface area (Å²) in [6, 6.07) is 4.59. The third kappa shape index (κ3) is 7.99. The van der Waals surface area contributed by atoms with Gasteiger partial charge in [-0.15, -0.1) is 0 Å². The second kappa shape index (κ2) is 13.3. The monoisotopic (exact) mass is 625 g/mol. The van der Waals surface area contributed by atoms with Gasteiger partial charge < -0.3 is 45.8 Å². The molecule has 0 radical (unpaired) electrons. The minimum absolute atomic E-state index is 0.170. The first kappa shape index (κ1) is 32.2. The number of nitrogens with two attached hydrogens (primary N) is 2. The van der Waals surface area contributed by atoms with Crippen LogP contribution in [0.4, 0.5) is 0 Å². The van der Waals surface area contributed by atoms with Crippen molar-refractivity contribution in [3.8, 4) is 11.5 Å². The predicted molar refractivity (Wildman–Crippen MR) is 154 cm³/mol. The summed E-state index contributed by atoms with van der Waals surface area (Å²) >= 11 is 0. The molecule has 9 N–H and O–H groups in total. The first-order valence-electron chi connectivity index (χ1n) is 13.8. The number of primary amides is 1. The number of benzene rings is 2. The van der Waals surface area contributed by atoms with Crippen LogP contribution in [0, 0.1) is 5.92 Å². The second-order valence-electron chi connectivity index (χ2n) is 10.8. The highest BCUT2D eigenvalue weighted by Crippen LogP contribution is 2.41. The van der Waals surface area contributed by atoms with E-state index >= 15 is 0 Å². The van der Waals surface area contributed by atoms with Gasteiger partial charge in [-0.1, -0.05) is 25.3 Å². The first-order valence-corrected chi connectivity index (χ1v) is 17.0. The van der Waals surface area contributed by atoms with Gasteiger partial charge in [-0.25, -0.2) is 0 Å². The number of nitrogens with one attached hydrogen (secondary N) is 1. The molecule has 2 atom stereocenters. The molecule has 42 heavy (non-hydrogen) atoms. The Morgan fingerprint density at radius 3 is 2.31 bits per heavy atom. The molecule has 1 saturated carbocycles. The Morgan fingerprint density at radius 1 is 0.976 bits per heavy atom. The normalized spacial score (nSPS) is 18.7. The lowest BCUT2D eigenvalue weighted by Gasteiger charge is -2.24. The lowest BCUT2D eigenvalue weighted by atomic mass is 9.90. The van der Waals surface area contributed by atoms with Crippen molar-refractivity contribution in [2.75, 3.05) is 13.2 Å². The number of ether oxygens (including phenoxy) is 2. The number of hydrogen-bond acceptors (Lipinski definition) is 7. The predicted octanol–water partition coefficient (Wildman–Crippen LogP) is 1.25. The molecule has 2 amide bonds. The Morgan fingerprint density at radius 2 is 1.67 bits per heavy atom. The van der Waals surface area contributed by atoms with Crippen molar-refractivity contribution in [1.29, 1.82) is 0 Å². The van der Waals surface area contributed by atoms with Crippen LogP contribution in [0.1, 0.15) is 72.5 Å². The summed E-state index contributed by atoms with van der Waals surface area (Å²) in [5, 5.41) is 1.26. The molecule has 2 aromatic carbocycles. The van der Waals surface area contributed by atoms with Gasteiger partial charge in [-0.05, 0) is 61.8 Å². The number of rotatable bonds is 10. The van der Waals surface area contributed by atoms with Crippen LogP contribution in [0.2, 0.25) is 0 Å². The van der Waals surface area contributed by atoms with Gasteiger partial charge in [0.05, 0.1) is 41.5 Å². The lowest BCUT2D eigenvalue weighted by molar-refractivity contribution is -0.123. The summed E-state index contributed by atoms with van der Waals surface area (Å²) in [4.78, 5) is 63.7. The van der Waals surface area contributed by atoms with Crippen LogP contribution in [-0.4, -0.2) is 50.6 Å². The number of carbonyl (C=O) groups excluding carboxylic acids is 2. The molecule has 230 valence electrons. The summed E-state index contributed by atoms with van der Waals surface area (Å²) in [5.41, 5.74) is 12.7. The Balaban J connectivity index is 1.52. The van der Waals surface area contributed by atoms with E-state index in [0.717, 1.165) is 37.8 Å². The van der Waals surface area contributed by atoms with Crippen molar-refractivity contribution in [2.24, 2.45) is 17.4 Å². The van der Waals surface area contributed by atoms with Crippen LogP contribution in [0.25, 0.3) is 0 Å². The Hall–Kier alpha value is -2.76. The topological polar surface area (TPSA) is 232 Å². The first-order chi connectivity index (χ1) is 19.7. The van der Waals surface area contributed by atoms with Crippen molar-refractivity contribution < 1.29 is 47.8 Å². The summed E-state index contributed by atoms with van der Waals surface area (Å²) < 4.78 is 35.5. The second-order valence-corrected chi connectivity index (χ2v) is 14.0. The molecule has 1 aliphatic carbocycles. The number of hydrogen-bond donors (Lipinski definition) is 7. The Labute approximate surface area is 243 Å². The molecule has 1 heterocycles.